The number of likely N-dealkylation sites (tertiary alicyclic amines) is 1. The predicted molar refractivity (Wildman–Crippen MR) is 76.8 cm³/mol. The van der Waals surface area contributed by atoms with E-state index in [9.17, 15) is 17.6 Å². The van der Waals surface area contributed by atoms with Gasteiger partial charge in [0.15, 0.2) is 5.82 Å². The van der Waals surface area contributed by atoms with Gasteiger partial charge >= 0.3 is 0 Å². The van der Waals surface area contributed by atoms with E-state index in [1.165, 1.54) is 4.90 Å². The van der Waals surface area contributed by atoms with Crippen molar-refractivity contribution in [3.63, 3.8) is 0 Å². The number of likely N-dealkylation sites (N-methyl/N-ethyl adjacent to an activating group) is 1. The van der Waals surface area contributed by atoms with Crippen molar-refractivity contribution >= 4 is 33.2 Å². The number of nitrogen functional groups attached to an aromatic ring is 1. The summed E-state index contributed by atoms with van der Waals surface area (Å²) in [6.07, 6.45) is 0.601. The molecular formula is C12H15ClFN3O3S. The Morgan fingerprint density at radius 3 is 2.76 bits per heavy atom. The van der Waals surface area contributed by atoms with Crippen molar-refractivity contribution in [1.82, 2.24) is 9.62 Å². The van der Waals surface area contributed by atoms with Crippen LogP contribution in [0.5, 0.6) is 0 Å². The third-order valence-corrected chi connectivity index (χ3v) is 5.05. The van der Waals surface area contributed by atoms with E-state index < -0.39 is 26.8 Å². The summed E-state index contributed by atoms with van der Waals surface area (Å²) in [5, 5.41) is -0.355. The molecule has 6 nitrogen and oxygen atoms in total. The van der Waals surface area contributed by atoms with Gasteiger partial charge in [-0.3, -0.25) is 4.79 Å². The summed E-state index contributed by atoms with van der Waals surface area (Å²) in [6.45, 7) is 0.232. The number of carbonyl (C=O) groups is 1. The first kappa shape index (κ1) is 16.0. The number of carbonyl (C=O) groups excluding carboxylic acids is 1. The van der Waals surface area contributed by atoms with Crippen molar-refractivity contribution in [3.8, 4) is 0 Å². The lowest BCUT2D eigenvalue weighted by Crippen LogP contribution is -2.48. The summed E-state index contributed by atoms with van der Waals surface area (Å²) >= 11 is 5.61. The third-order valence-electron chi connectivity index (χ3n) is 3.26. The lowest BCUT2D eigenvalue weighted by molar-refractivity contribution is -0.132. The van der Waals surface area contributed by atoms with E-state index in [0.29, 0.717) is 6.42 Å². The van der Waals surface area contributed by atoms with E-state index >= 15 is 0 Å². The average Bonchev–Trinajstić information content (AvgIpc) is 2.37. The van der Waals surface area contributed by atoms with Crippen LogP contribution in [0.3, 0.4) is 0 Å². The monoisotopic (exact) mass is 335 g/mol. The molecule has 1 aliphatic rings. The van der Waals surface area contributed by atoms with Gasteiger partial charge in [-0.05, 0) is 18.6 Å². The maximum atomic E-state index is 13.9. The highest BCUT2D eigenvalue weighted by molar-refractivity contribution is 7.89. The molecule has 9 heteroatoms. The van der Waals surface area contributed by atoms with Crippen molar-refractivity contribution in [2.45, 2.75) is 23.8 Å². The fraction of sp³-hybridized carbons (Fsp3) is 0.417. The lowest BCUT2D eigenvalue weighted by atomic mass is 10.1. The van der Waals surface area contributed by atoms with E-state index in [1.807, 2.05) is 0 Å². The summed E-state index contributed by atoms with van der Waals surface area (Å²) in [5.41, 5.74) is 5.56. The van der Waals surface area contributed by atoms with Gasteiger partial charge in [0.1, 0.15) is 4.90 Å². The molecule has 1 fully saturated rings. The molecule has 0 saturated carbocycles. The van der Waals surface area contributed by atoms with Crippen LogP contribution >= 0.6 is 11.6 Å². The number of benzene rings is 1. The minimum Gasteiger partial charge on any atom is -0.399 e. The number of hydrogen-bond acceptors (Lipinski definition) is 4. The van der Waals surface area contributed by atoms with Crippen molar-refractivity contribution in [2.75, 3.05) is 19.3 Å². The van der Waals surface area contributed by atoms with Crippen LogP contribution in [-0.4, -0.2) is 38.9 Å². The highest BCUT2D eigenvalue weighted by Gasteiger charge is 2.29. The minimum absolute atomic E-state index is 0.0522. The average molecular weight is 336 g/mol. The molecule has 21 heavy (non-hydrogen) atoms. The van der Waals surface area contributed by atoms with E-state index in [1.54, 1.807) is 7.05 Å². The van der Waals surface area contributed by atoms with Crippen LogP contribution in [0, 0.1) is 5.82 Å². The number of nitrogens with two attached hydrogens (primary N) is 1. The maximum absolute atomic E-state index is 13.9. The normalized spacial score (nSPS) is 19.9. The van der Waals surface area contributed by atoms with Gasteiger partial charge in [-0.1, -0.05) is 11.6 Å². The molecule has 1 saturated heterocycles. The Balaban J connectivity index is 2.25. The summed E-state index contributed by atoms with van der Waals surface area (Å²) in [7, 11) is -2.52. The van der Waals surface area contributed by atoms with Gasteiger partial charge in [0.2, 0.25) is 15.9 Å². The second-order valence-corrected chi connectivity index (χ2v) is 7.04. The zero-order valence-corrected chi connectivity index (χ0v) is 12.8. The van der Waals surface area contributed by atoms with Crippen LogP contribution in [0.1, 0.15) is 12.8 Å². The summed E-state index contributed by atoms with van der Waals surface area (Å²) in [4.78, 5) is 12.2. The first-order chi connectivity index (χ1) is 9.70. The number of rotatable bonds is 3. The zero-order valence-electron chi connectivity index (χ0n) is 11.3. The number of nitrogens with one attached hydrogen (secondary N) is 1. The number of anilines is 1. The van der Waals surface area contributed by atoms with Crippen LogP contribution in [-0.2, 0) is 14.8 Å². The number of amides is 1. The molecule has 0 aliphatic carbocycles. The molecule has 1 heterocycles. The van der Waals surface area contributed by atoms with Gasteiger partial charge in [0.25, 0.3) is 0 Å². The van der Waals surface area contributed by atoms with Crippen molar-refractivity contribution in [3.05, 3.63) is 23.0 Å². The van der Waals surface area contributed by atoms with Gasteiger partial charge < -0.3 is 10.6 Å². The topological polar surface area (TPSA) is 92.5 Å². The fourth-order valence-corrected chi connectivity index (χ4v) is 3.85. The molecule has 116 valence electrons. The first-order valence-corrected chi connectivity index (χ1v) is 8.07. The van der Waals surface area contributed by atoms with Crippen LogP contribution in [0.25, 0.3) is 0 Å². The molecule has 1 aromatic rings. The Kier molecular flexibility index (Phi) is 4.40. The molecule has 1 unspecified atom stereocenters. The molecule has 0 bridgehead atoms. The molecule has 1 atom stereocenters. The van der Waals surface area contributed by atoms with E-state index in [4.69, 9.17) is 17.3 Å². The second kappa shape index (κ2) is 5.78. The van der Waals surface area contributed by atoms with Gasteiger partial charge in [0.05, 0.1) is 5.02 Å². The zero-order chi connectivity index (χ0) is 15.8. The summed E-state index contributed by atoms with van der Waals surface area (Å²) in [5.74, 6) is -1.10. The molecule has 3 N–H and O–H groups in total. The van der Waals surface area contributed by atoms with Crippen molar-refractivity contribution in [2.24, 2.45) is 0 Å². The summed E-state index contributed by atoms with van der Waals surface area (Å²) < 4.78 is 40.8. The Morgan fingerprint density at radius 2 is 2.14 bits per heavy atom. The number of hydrogen-bond donors (Lipinski definition) is 2. The maximum Gasteiger partial charge on any atom is 0.243 e. The molecule has 0 spiro atoms. The largest absolute Gasteiger partial charge is 0.399 e. The number of piperidine rings is 1. The van der Waals surface area contributed by atoms with Crippen LogP contribution < -0.4 is 10.5 Å². The first-order valence-electron chi connectivity index (χ1n) is 6.21. The molecule has 0 aromatic heterocycles. The quantitative estimate of drug-likeness (QED) is 0.805. The van der Waals surface area contributed by atoms with Crippen LogP contribution in [0.2, 0.25) is 5.02 Å². The standard InChI is InChI=1S/C12H15ClFN3O3S/c1-17-6-8(2-3-11(17)18)16-21(19,20)10-5-7(15)4-9(13)12(10)14/h4-5,8,16H,2-3,6,15H2,1H3. The predicted octanol–water partition coefficient (Wildman–Crippen LogP) is 0.960. The van der Waals surface area contributed by atoms with Crippen molar-refractivity contribution in [1.29, 1.82) is 0 Å². The number of nitrogens with zero attached hydrogens (tertiary/aromatic N) is 1. The van der Waals surface area contributed by atoms with Crippen molar-refractivity contribution < 1.29 is 17.6 Å². The smallest absolute Gasteiger partial charge is 0.243 e. The van der Waals surface area contributed by atoms with Gasteiger partial charge in [-0.15, -0.1) is 0 Å². The molecule has 0 radical (unpaired) electrons. The van der Waals surface area contributed by atoms with E-state index in [0.717, 1.165) is 12.1 Å². The number of halogens is 2. The number of sulfonamides is 1. The third kappa shape index (κ3) is 3.45. The second-order valence-electron chi connectivity index (χ2n) is 4.95. The fourth-order valence-electron chi connectivity index (χ4n) is 2.17. The lowest BCUT2D eigenvalue weighted by Gasteiger charge is -2.30. The Labute approximate surface area is 127 Å². The van der Waals surface area contributed by atoms with Gasteiger partial charge in [-0.25, -0.2) is 17.5 Å². The Bertz CT molecular complexity index is 681. The van der Waals surface area contributed by atoms with Crippen LogP contribution in [0.15, 0.2) is 17.0 Å². The molecular weight excluding hydrogens is 321 g/mol. The van der Waals surface area contributed by atoms with Crippen LogP contribution in [0.4, 0.5) is 10.1 Å². The van der Waals surface area contributed by atoms with Gasteiger partial charge in [0, 0.05) is 31.7 Å². The molecule has 2 rings (SSSR count). The Morgan fingerprint density at radius 1 is 1.48 bits per heavy atom. The molecule has 1 aliphatic heterocycles. The SMILES string of the molecule is CN1CC(NS(=O)(=O)c2cc(N)cc(Cl)c2F)CCC1=O. The highest BCUT2D eigenvalue weighted by Crippen LogP contribution is 2.26. The molecule has 1 aromatic carbocycles. The minimum atomic E-state index is -4.10. The molecule has 1 amide bonds. The van der Waals surface area contributed by atoms with E-state index in [2.05, 4.69) is 4.72 Å². The summed E-state index contributed by atoms with van der Waals surface area (Å²) in [6, 6.07) is 1.68. The Hall–Kier alpha value is -1.38. The van der Waals surface area contributed by atoms with Gasteiger partial charge in [-0.2, -0.15) is 0 Å². The van der Waals surface area contributed by atoms with E-state index in [-0.39, 0.29) is 29.6 Å². The highest BCUT2D eigenvalue weighted by atomic mass is 35.5.